The van der Waals surface area contributed by atoms with Gasteiger partial charge < -0.3 is 10.2 Å². The molecule has 0 bridgehead atoms. The van der Waals surface area contributed by atoms with Crippen LogP contribution in [0.2, 0.25) is 10.2 Å². The molecule has 0 aliphatic carbocycles. The molecular weight excluding hydrogens is 591 g/mol. The van der Waals surface area contributed by atoms with E-state index in [4.69, 9.17) is 23.2 Å². The average molecular weight is 610 g/mol. The van der Waals surface area contributed by atoms with E-state index in [9.17, 15) is 41.4 Å². The maximum atomic E-state index is 13.6. The van der Waals surface area contributed by atoms with Crippen LogP contribution in [0.5, 0.6) is 0 Å². The Morgan fingerprint density at radius 1 is 0.950 bits per heavy atom. The minimum absolute atomic E-state index is 0.177. The number of hydrogen-bond acceptors (Lipinski definition) is 5. The summed E-state index contributed by atoms with van der Waals surface area (Å²) >= 11 is 12.3. The Morgan fingerprint density at radius 2 is 1.57 bits per heavy atom. The molecule has 0 spiro atoms. The molecule has 0 aliphatic heterocycles. The van der Waals surface area contributed by atoms with E-state index in [-0.39, 0.29) is 28.1 Å². The van der Waals surface area contributed by atoms with E-state index in [1.807, 2.05) is 0 Å². The predicted octanol–water partition coefficient (Wildman–Crippen LogP) is 5.25. The van der Waals surface area contributed by atoms with Crippen LogP contribution in [-0.4, -0.2) is 46.4 Å². The highest BCUT2D eigenvalue weighted by atomic mass is 35.5. The third-order valence-electron chi connectivity index (χ3n) is 5.80. The van der Waals surface area contributed by atoms with E-state index < -0.39 is 54.6 Å². The average Bonchev–Trinajstić information content (AvgIpc) is 3.39. The van der Waals surface area contributed by atoms with Crippen LogP contribution in [-0.2, 0) is 19.3 Å². The molecule has 2 atom stereocenters. The molecule has 0 amide bonds. The number of para-hydroxylation sites is 1. The first-order valence-electron chi connectivity index (χ1n) is 11.4. The SMILES string of the molecule is C[C@H](O)c1nc(Cn2c(Cl)c(-c3ccc(Cl)cc3)n(C[C@H](O)C(F)(F)F)c2=O)nn1-c1ccccc1C(F)(F)F. The topological polar surface area (TPSA) is 98.1 Å². The maximum Gasteiger partial charge on any atom is 0.418 e. The maximum absolute atomic E-state index is 13.6. The van der Waals surface area contributed by atoms with Gasteiger partial charge in [0.2, 0.25) is 0 Å². The zero-order valence-corrected chi connectivity index (χ0v) is 21.8. The Morgan fingerprint density at radius 3 is 2.15 bits per heavy atom. The predicted molar refractivity (Wildman–Crippen MR) is 132 cm³/mol. The van der Waals surface area contributed by atoms with Crippen LogP contribution < -0.4 is 5.69 Å². The van der Waals surface area contributed by atoms with Gasteiger partial charge in [0.05, 0.1) is 30.0 Å². The van der Waals surface area contributed by atoms with Gasteiger partial charge in [-0.2, -0.15) is 26.3 Å². The fourth-order valence-corrected chi connectivity index (χ4v) is 4.42. The molecule has 4 rings (SSSR count). The Labute approximate surface area is 231 Å². The summed E-state index contributed by atoms with van der Waals surface area (Å²) in [5.74, 6) is -0.561. The zero-order valence-electron chi connectivity index (χ0n) is 20.3. The van der Waals surface area contributed by atoms with Crippen LogP contribution in [0.3, 0.4) is 0 Å². The van der Waals surface area contributed by atoms with Gasteiger partial charge in [-0.1, -0.05) is 47.5 Å². The van der Waals surface area contributed by atoms with E-state index in [1.54, 1.807) is 0 Å². The normalized spacial score (nSPS) is 14.0. The molecule has 214 valence electrons. The highest BCUT2D eigenvalue weighted by molar-refractivity contribution is 6.32. The number of alkyl halides is 6. The molecule has 16 heteroatoms. The van der Waals surface area contributed by atoms with E-state index in [0.717, 1.165) is 21.4 Å². The molecule has 2 N–H and O–H groups in total. The van der Waals surface area contributed by atoms with Gasteiger partial charge in [-0.05, 0) is 31.2 Å². The van der Waals surface area contributed by atoms with Gasteiger partial charge in [0.15, 0.2) is 17.8 Å². The summed E-state index contributed by atoms with van der Waals surface area (Å²) in [7, 11) is 0. The van der Waals surface area contributed by atoms with Crippen molar-refractivity contribution in [2.75, 3.05) is 0 Å². The number of aliphatic hydroxyl groups is 2. The number of nitrogens with zero attached hydrogens (tertiary/aromatic N) is 5. The second kappa shape index (κ2) is 10.9. The van der Waals surface area contributed by atoms with Gasteiger partial charge >= 0.3 is 18.0 Å². The molecule has 0 radical (unpaired) electrons. The molecule has 0 unspecified atom stereocenters. The molecule has 8 nitrogen and oxygen atoms in total. The molecule has 0 aliphatic rings. The molecular formula is C24H19Cl2F6N5O3. The van der Waals surface area contributed by atoms with Crippen LogP contribution in [0.4, 0.5) is 26.3 Å². The smallest absolute Gasteiger partial charge is 0.385 e. The Bertz CT molecular complexity index is 1580. The molecule has 4 aromatic rings. The van der Waals surface area contributed by atoms with Crippen molar-refractivity contribution in [2.45, 2.75) is 44.6 Å². The van der Waals surface area contributed by atoms with Gasteiger partial charge in [-0.25, -0.2) is 14.5 Å². The minimum Gasteiger partial charge on any atom is -0.385 e. The lowest BCUT2D eigenvalue weighted by Crippen LogP contribution is -2.37. The number of benzene rings is 2. The molecule has 0 saturated carbocycles. The van der Waals surface area contributed by atoms with Gasteiger partial charge in [-0.15, -0.1) is 5.10 Å². The fourth-order valence-electron chi connectivity index (χ4n) is 3.95. The van der Waals surface area contributed by atoms with Crippen LogP contribution in [0, 0.1) is 0 Å². The Hall–Kier alpha value is -3.33. The Balaban J connectivity index is 1.85. The van der Waals surface area contributed by atoms with Gasteiger partial charge in [0, 0.05) is 10.6 Å². The van der Waals surface area contributed by atoms with Crippen molar-refractivity contribution in [3.8, 4) is 16.9 Å². The number of hydrogen-bond donors (Lipinski definition) is 2. The zero-order chi connectivity index (χ0) is 29.6. The number of rotatable bonds is 7. The van der Waals surface area contributed by atoms with E-state index in [1.165, 1.54) is 43.3 Å². The second-order valence-electron chi connectivity index (χ2n) is 8.67. The number of halogens is 8. The summed E-state index contributed by atoms with van der Waals surface area (Å²) in [5, 5.41) is 23.9. The lowest BCUT2D eigenvalue weighted by molar-refractivity contribution is -0.207. The standard InChI is InChI=1S/C24H19Cl2F6N5O3/c1-12(38)21-33-18(34-37(21)16-5-3-2-4-15(16)23(27,28)29)11-36-20(26)19(13-6-8-14(25)9-7-13)35(22(36)40)10-17(39)24(30,31)32/h2-9,12,17,38-39H,10-11H2,1H3/t12-,17-/m0/s1. The monoisotopic (exact) mass is 609 g/mol. The molecule has 2 aromatic heterocycles. The van der Waals surface area contributed by atoms with Crippen LogP contribution in [0.25, 0.3) is 16.9 Å². The minimum atomic E-state index is -5.05. The van der Waals surface area contributed by atoms with E-state index >= 15 is 0 Å². The van der Waals surface area contributed by atoms with Gasteiger partial charge in [0.1, 0.15) is 11.3 Å². The number of aromatic nitrogens is 5. The summed E-state index contributed by atoms with van der Waals surface area (Å²) in [6, 6.07) is 10.0. The third kappa shape index (κ3) is 5.89. The Kier molecular flexibility index (Phi) is 8.09. The first-order valence-corrected chi connectivity index (χ1v) is 12.1. The van der Waals surface area contributed by atoms with Crippen molar-refractivity contribution >= 4 is 23.2 Å². The van der Waals surface area contributed by atoms with Crippen molar-refractivity contribution < 1.29 is 36.6 Å². The van der Waals surface area contributed by atoms with E-state index in [0.29, 0.717) is 9.59 Å². The van der Waals surface area contributed by atoms with Crippen molar-refractivity contribution in [3.63, 3.8) is 0 Å². The summed E-state index contributed by atoms with van der Waals surface area (Å²) in [5.41, 5.74) is -2.58. The summed E-state index contributed by atoms with van der Waals surface area (Å²) in [6.07, 6.45) is -14.1. The second-order valence-corrected chi connectivity index (χ2v) is 9.47. The van der Waals surface area contributed by atoms with Crippen molar-refractivity contribution in [1.82, 2.24) is 23.9 Å². The molecule has 2 aromatic carbocycles. The third-order valence-corrected chi connectivity index (χ3v) is 6.44. The molecule has 40 heavy (non-hydrogen) atoms. The van der Waals surface area contributed by atoms with Crippen molar-refractivity contribution in [3.05, 3.63) is 86.4 Å². The van der Waals surface area contributed by atoms with Crippen molar-refractivity contribution in [1.29, 1.82) is 0 Å². The molecule has 2 heterocycles. The van der Waals surface area contributed by atoms with Crippen LogP contribution >= 0.6 is 23.2 Å². The summed E-state index contributed by atoms with van der Waals surface area (Å²) < 4.78 is 82.6. The summed E-state index contributed by atoms with van der Waals surface area (Å²) in [6.45, 7) is -0.547. The van der Waals surface area contributed by atoms with Gasteiger partial charge in [-0.3, -0.25) is 9.13 Å². The number of aliphatic hydroxyl groups excluding tert-OH is 2. The van der Waals surface area contributed by atoms with Crippen LogP contribution in [0.1, 0.15) is 30.2 Å². The lowest BCUT2D eigenvalue weighted by Gasteiger charge is -2.16. The molecule has 0 saturated heterocycles. The highest BCUT2D eigenvalue weighted by Crippen LogP contribution is 2.35. The first kappa shape index (κ1) is 29.6. The highest BCUT2D eigenvalue weighted by Gasteiger charge is 2.40. The van der Waals surface area contributed by atoms with Crippen LogP contribution in [0.15, 0.2) is 53.3 Å². The fraction of sp³-hybridized carbons (Fsp3) is 0.292. The summed E-state index contributed by atoms with van der Waals surface area (Å²) in [4.78, 5) is 17.3. The van der Waals surface area contributed by atoms with Crippen molar-refractivity contribution in [2.24, 2.45) is 0 Å². The lowest BCUT2D eigenvalue weighted by atomic mass is 10.1. The van der Waals surface area contributed by atoms with Gasteiger partial charge in [0.25, 0.3) is 0 Å². The van der Waals surface area contributed by atoms with E-state index in [2.05, 4.69) is 10.1 Å². The first-order chi connectivity index (χ1) is 18.6. The molecule has 0 fully saturated rings. The largest absolute Gasteiger partial charge is 0.418 e. The number of imidazole rings is 1. The quantitative estimate of drug-likeness (QED) is 0.279.